The minimum Gasteiger partial charge on any atom is -0.323 e. The number of nitrogens with two attached hydrogens (primary N) is 1. The standard InChI is InChI=1S/C10H16ClNS2/c1-3-7(2)14-6-9(12)10-8(11)4-5-13-10/h4-5,7,9H,3,6,12H2,1-2H3. The quantitative estimate of drug-likeness (QED) is 0.856. The lowest BCUT2D eigenvalue weighted by Crippen LogP contribution is -2.13. The van der Waals surface area contributed by atoms with Crippen LogP contribution in [0.4, 0.5) is 0 Å². The van der Waals surface area contributed by atoms with Crippen molar-refractivity contribution in [3.05, 3.63) is 21.3 Å². The molecule has 1 aromatic rings. The first-order chi connectivity index (χ1) is 6.65. The van der Waals surface area contributed by atoms with Gasteiger partial charge in [-0.05, 0) is 17.9 Å². The number of rotatable bonds is 5. The van der Waals surface area contributed by atoms with Gasteiger partial charge in [0.2, 0.25) is 0 Å². The van der Waals surface area contributed by atoms with Gasteiger partial charge in [0.05, 0.1) is 5.02 Å². The van der Waals surface area contributed by atoms with Gasteiger partial charge in [-0.25, -0.2) is 0 Å². The van der Waals surface area contributed by atoms with Crippen molar-refractivity contribution in [3.63, 3.8) is 0 Å². The molecule has 2 atom stereocenters. The first-order valence-electron chi connectivity index (χ1n) is 4.75. The van der Waals surface area contributed by atoms with E-state index in [1.54, 1.807) is 11.3 Å². The maximum absolute atomic E-state index is 6.05. The first kappa shape index (κ1) is 12.4. The van der Waals surface area contributed by atoms with E-state index in [1.807, 2.05) is 23.2 Å². The van der Waals surface area contributed by atoms with Gasteiger partial charge in [-0.15, -0.1) is 11.3 Å². The molecular weight excluding hydrogens is 234 g/mol. The van der Waals surface area contributed by atoms with E-state index in [1.165, 1.54) is 6.42 Å². The summed E-state index contributed by atoms with van der Waals surface area (Å²) in [6, 6.07) is 2.00. The molecule has 0 saturated carbocycles. The lowest BCUT2D eigenvalue weighted by molar-refractivity contribution is 0.838. The zero-order valence-electron chi connectivity index (χ0n) is 8.50. The molecule has 0 radical (unpaired) electrons. The molecule has 1 aromatic heterocycles. The monoisotopic (exact) mass is 249 g/mol. The number of thioether (sulfide) groups is 1. The summed E-state index contributed by atoms with van der Waals surface area (Å²) in [7, 11) is 0. The molecule has 0 aliphatic carbocycles. The topological polar surface area (TPSA) is 26.0 Å². The molecule has 0 saturated heterocycles. The second-order valence-corrected chi connectivity index (χ2v) is 6.12. The van der Waals surface area contributed by atoms with Crippen molar-refractivity contribution in [3.8, 4) is 0 Å². The molecule has 0 fully saturated rings. The van der Waals surface area contributed by atoms with E-state index in [9.17, 15) is 0 Å². The van der Waals surface area contributed by atoms with Gasteiger partial charge in [0.25, 0.3) is 0 Å². The Kier molecular flexibility index (Phi) is 5.31. The van der Waals surface area contributed by atoms with Crippen LogP contribution in [0.2, 0.25) is 5.02 Å². The molecule has 0 aliphatic heterocycles. The summed E-state index contributed by atoms with van der Waals surface area (Å²) >= 11 is 9.57. The highest BCUT2D eigenvalue weighted by atomic mass is 35.5. The molecule has 1 nitrogen and oxygen atoms in total. The molecule has 1 heterocycles. The van der Waals surface area contributed by atoms with Gasteiger partial charge in [-0.3, -0.25) is 0 Å². The number of hydrogen-bond acceptors (Lipinski definition) is 3. The Morgan fingerprint density at radius 1 is 1.64 bits per heavy atom. The second-order valence-electron chi connectivity index (χ2n) is 3.29. The van der Waals surface area contributed by atoms with Gasteiger partial charge in [0.1, 0.15) is 0 Å². The van der Waals surface area contributed by atoms with Crippen LogP contribution in [0.3, 0.4) is 0 Å². The highest BCUT2D eigenvalue weighted by Gasteiger charge is 2.12. The van der Waals surface area contributed by atoms with Crippen LogP contribution < -0.4 is 5.73 Å². The minimum atomic E-state index is 0.0847. The molecule has 0 spiro atoms. The number of thiophene rings is 1. The Bertz CT molecular complexity index is 275. The molecule has 2 N–H and O–H groups in total. The van der Waals surface area contributed by atoms with Crippen LogP contribution in [0.25, 0.3) is 0 Å². The van der Waals surface area contributed by atoms with Crippen LogP contribution in [0.5, 0.6) is 0 Å². The first-order valence-corrected chi connectivity index (χ1v) is 7.05. The van der Waals surface area contributed by atoms with Crippen molar-refractivity contribution in [2.24, 2.45) is 5.73 Å². The van der Waals surface area contributed by atoms with E-state index in [-0.39, 0.29) is 6.04 Å². The zero-order valence-corrected chi connectivity index (χ0v) is 10.9. The van der Waals surface area contributed by atoms with E-state index >= 15 is 0 Å². The summed E-state index contributed by atoms with van der Waals surface area (Å²) in [6.45, 7) is 4.43. The maximum Gasteiger partial charge on any atom is 0.0561 e. The predicted octanol–water partition coefficient (Wildman–Crippen LogP) is 3.93. The van der Waals surface area contributed by atoms with Gasteiger partial charge in [0, 0.05) is 21.9 Å². The van der Waals surface area contributed by atoms with Crippen LogP contribution in [0.1, 0.15) is 31.2 Å². The Balaban J connectivity index is 2.43. The third-order valence-corrected chi connectivity index (χ3v) is 5.06. The summed E-state index contributed by atoms with van der Waals surface area (Å²) in [5.41, 5.74) is 6.05. The summed E-state index contributed by atoms with van der Waals surface area (Å²) < 4.78 is 0. The molecule has 0 aromatic carbocycles. The Morgan fingerprint density at radius 2 is 2.36 bits per heavy atom. The molecule has 0 aliphatic rings. The molecule has 0 bridgehead atoms. The average molecular weight is 250 g/mol. The van der Waals surface area contributed by atoms with Gasteiger partial charge in [0.15, 0.2) is 0 Å². The molecule has 80 valence electrons. The molecular formula is C10H16ClNS2. The third kappa shape index (κ3) is 3.46. The van der Waals surface area contributed by atoms with Gasteiger partial charge >= 0.3 is 0 Å². The van der Waals surface area contributed by atoms with Crippen molar-refractivity contribution < 1.29 is 0 Å². The zero-order chi connectivity index (χ0) is 10.6. The second kappa shape index (κ2) is 6.01. The number of hydrogen-bond donors (Lipinski definition) is 1. The Morgan fingerprint density at radius 3 is 2.86 bits per heavy atom. The summed E-state index contributed by atoms with van der Waals surface area (Å²) in [4.78, 5) is 1.11. The van der Waals surface area contributed by atoms with Crippen molar-refractivity contribution in [2.45, 2.75) is 31.6 Å². The van der Waals surface area contributed by atoms with E-state index < -0.39 is 0 Å². The molecule has 14 heavy (non-hydrogen) atoms. The molecule has 4 heteroatoms. The molecule has 1 rings (SSSR count). The van der Waals surface area contributed by atoms with E-state index in [2.05, 4.69) is 13.8 Å². The minimum absolute atomic E-state index is 0.0847. The lowest BCUT2D eigenvalue weighted by atomic mass is 10.3. The van der Waals surface area contributed by atoms with E-state index in [0.717, 1.165) is 15.7 Å². The fourth-order valence-corrected chi connectivity index (χ4v) is 3.28. The summed E-state index contributed by atoms with van der Waals surface area (Å²) in [5, 5.41) is 3.48. The van der Waals surface area contributed by atoms with Crippen LogP contribution in [0, 0.1) is 0 Å². The van der Waals surface area contributed by atoms with Crippen LogP contribution in [0.15, 0.2) is 11.4 Å². The smallest absolute Gasteiger partial charge is 0.0561 e. The van der Waals surface area contributed by atoms with Crippen LogP contribution >= 0.6 is 34.7 Å². The fourth-order valence-electron chi connectivity index (χ4n) is 1.03. The van der Waals surface area contributed by atoms with Crippen molar-refractivity contribution >= 4 is 34.7 Å². The van der Waals surface area contributed by atoms with Crippen LogP contribution in [-0.2, 0) is 0 Å². The van der Waals surface area contributed by atoms with Gasteiger partial charge < -0.3 is 5.73 Å². The van der Waals surface area contributed by atoms with E-state index in [0.29, 0.717) is 5.25 Å². The van der Waals surface area contributed by atoms with Crippen molar-refractivity contribution in [1.29, 1.82) is 0 Å². The maximum atomic E-state index is 6.05. The van der Waals surface area contributed by atoms with Crippen molar-refractivity contribution in [2.75, 3.05) is 5.75 Å². The normalized spacial score (nSPS) is 15.4. The SMILES string of the molecule is CCC(C)SCC(N)c1sccc1Cl. The summed E-state index contributed by atoms with van der Waals surface area (Å²) in [6.07, 6.45) is 1.19. The van der Waals surface area contributed by atoms with Gasteiger partial charge in [-0.1, -0.05) is 25.4 Å². The van der Waals surface area contributed by atoms with E-state index in [4.69, 9.17) is 17.3 Å². The number of halogens is 1. The van der Waals surface area contributed by atoms with Gasteiger partial charge in [-0.2, -0.15) is 11.8 Å². The Labute approximate surface area is 99.0 Å². The third-order valence-electron chi connectivity index (χ3n) is 2.12. The summed E-state index contributed by atoms with van der Waals surface area (Å²) in [5.74, 6) is 0.954. The predicted molar refractivity (Wildman–Crippen MR) is 68.5 cm³/mol. The highest BCUT2D eigenvalue weighted by molar-refractivity contribution is 7.99. The highest BCUT2D eigenvalue weighted by Crippen LogP contribution is 2.30. The average Bonchev–Trinajstić information content (AvgIpc) is 2.60. The Hall–Kier alpha value is 0.300. The lowest BCUT2D eigenvalue weighted by Gasteiger charge is -2.13. The molecule has 2 unspecified atom stereocenters. The fraction of sp³-hybridized carbons (Fsp3) is 0.600. The molecule has 0 amide bonds. The largest absolute Gasteiger partial charge is 0.323 e. The van der Waals surface area contributed by atoms with Crippen molar-refractivity contribution in [1.82, 2.24) is 0 Å². The van der Waals surface area contributed by atoms with Crippen LogP contribution in [-0.4, -0.2) is 11.0 Å².